The summed E-state index contributed by atoms with van der Waals surface area (Å²) in [5, 5.41) is 2.84. The van der Waals surface area contributed by atoms with Crippen molar-refractivity contribution in [1.29, 1.82) is 0 Å². The minimum absolute atomic E-state index is 0. The van der Waals surface area contributed by atoms with Gasteiger partial charge < -0.3 is 15.8 Å². The number of unbranched alkanes of at least 4 members (excludes halogenated alkanes) is 1. The van der Waals surface area contributed by atoms with Crippen molar-refractivity contribution in [2.45, 2.75) is 39.2 Å². The van der Waals surface area contributed by atoms with Crippen LogP contribution >= 0.6 is 12.4 Å². The summed E-state index contributed by atoms with van der Waals surface area (Å²) in [5.41, 5.74) is 6.63. The molecule has 0 spiro atoms. The van der Waals surface area contributed by atoms with Gasteiger partial charge in [-0.1, -0.05) is 12.1 Å². The summed E-state index contributed by atoms with van der Waals surface area (Å²) in [7, 11) is 0. The van der Waals surface area contributed by atoms with Gasteiger partial charge in [0, 0.05) is 19.0 Å². The van der Waals surface area contributed by atoms with E-state index in [4.69, 9.17) is 10.5 Å². The van der Waals surface area contributed by atoms with Crippen molar-refractivity contribution < 1.29 is 9.53 Å². The monoisotopic (exact) mass is 300 g/mol. The van der Waals surface area contributed by atoms with E-state index in [0.29, 0.717) is 19.6 Å². The third-order valence-electron chi connectivity index (χ3n) is 2.82. The SMILES string of the molecule is Cc1cccc(OCCCCC(=O)N[C@@H](C)CN)c1.Cl. The Kier molecular flexibility index (Phi) is 9.86. The normalized spacial score (nSPS) is 11.3. The van der Waals surface area contributed by atoms with Crippen molar-refractivity contribution in [2.24, 2.45) is 5.73 Å². The Hall–Kier alpha value is -1.26. The van der Waals surface area contributed by atoms with Crippen molar-refractivity contribution in [3.8, 4) is 5.75 Å². The van der Waals surface area contributed by atoms with E-state index >= 15 is 0 Å². The summed E-state index contributed by atoms with van der Waals surface area (Å²) in [6, 6.07) is 8.02. The highest BCUT2D eigenvalue weighted by Gasteiger charge is 2.04. The minimum Gasteiger partial charge on any atom is -0.494 e. The number of amides is 1. The van der Waals surface area contributed by atoms with Gasteiger partial charge in [0.25, 0.3) is 0 Å². The first-order valence-electron chi connectivity index (χ1n) is 6.80. The van der Waals surface area contributed by atoms with Gasteiger partial charge in [-0.3, -0.25) is 4.79 Å². The van der Waals surface area contributed by atoms with Crippen LogP contribution in [0.3, 0.4) is 0 Å². The predicted molar refractivity (Wildman–Crippen MR) is 84.4 cm³/mol. The van der Waals surface area contributed by atoms with Crippen LogP contribution in [-0.4, -0.2) is 25.1 Å². The number of ether oxygens (including phenoxy) is 1. The van der Waals surface area contributed by atoms with E-state index in [1.165, 1.54) is 5.56 Å². The molecule has 0 heterocycles. The average molecular weight is 301 g/mol. The largest absolute Gasteiger partial charge is 0.494 e. The zero-order chi connectivity index (χ0) is 14.1. The van der Waals surface area contributed by atoms with Crippen LogP contribution in [0.2, 0.25) is 0 Å². The molecular formula is C15H25ClN2O2. The van der Waals surface area contributed by atoms with E-state index < -0.39 is 0 Å². The molecule has 1 aromatic carbocycles. The first-order valence-corrected chi connectivity index (χ1v) is 6.80. The fourth-order valence-electron chi connectivity index (χ4n) is 1.69. The van der Waals surface area contributed by atoms with Crippen LogP contribution in [0.5, 0.6) is 5.75 Å². The van der Waals surface area contributed by atoms with Crippen molar-refractivity contribution in [3.63, 3.8) is 0 Å². The molecule has 0 aliphatic carbocycles. The molecule has 1 aromatic rings. The summed E-state index contributed by atoms with van der Waals surface area (Å²) >= 11 is 0. The van der Waals surface area contributed by atoms with E-state index in [9.17, 15) is 4.79 Å². The highest BCUT2D eigenvalue weighted by atomic mass is 35.5. The molecule has 0 aromatic heterocycles. The van der Waals surface area contributed by atoms with Crippen LogP contribution in [0.15, 0.2) is 24.3 Å². The summed E-state index contributed by atoms with van der Waals surface area (Å²) in [5.74, 6) is 0.953. The van der Waals surface area contributed by atoms with Crippen LogP contribution in [0.4, 0.5) is 0 Å². The standard InChI is InChI=1S/C15H24N2O2.ClH/c1-12-6-5-7-14(10-12)19-9-4-3-8-15(18)17-13(2)11-16;/h5-7,10,13H,3-4,8-9,11,16H2,1-2H3,(H,17,18);1H/t13-;/m0./s1. The molecule has 114 valence electrons. The van der Waals surface area contributed by atoms with Gasteiger partial charge >= 0.3 is 0 Å². The van der Waals surface area contributed by atoms with E-state index in [1.54, 1.807) is 0 Å². The molecule has 1 atom stereocenters. The van der Waals surface area contributed by atoms with Crippen LogP contribution in [0.25, 0.3) is 0 Å². The average Bonchev–Trinajstić information content (AvgIpc) is 2.38. The van der Waals surface area contributed by atoms with Gasteiger partial charge in [-0.05, 0) is 44.4 Å². The number of halogens is 1. The fourth-order valence-corrected chi connectivity index (χ4v) is 1.69. The topological polar surface area (TPSA) is 64.3 Å². The zero-order valence-corrected chi connectivity index (χ0v) is 13.0. The maximum atomic E-state index is 11.5. The van der Waals surface area contributed by atoms with Gasteiger partial charge in [0.2, 0.25) is 5.91 Å². The van der Waals surface area contributed by atoms with E-state index in [-0.39, 0.29) is 24.4 Å². The Morgan fingerprint density at radius 2 is 2.15 bits per heavy atom. The predicted octanol–water partition coefficient (Wildman–Crippen LogP) is 2.43. The van der Waals surface area contributed by atoms with Crippen LogP contribution < -0.4 is 15.8 Å². The minimum atomic E-state index is 0. The molecule has 0 aliphatic heterocycles. The molecule has 4 nitrogen and oxygen atoms in total. The molecule has 20 heavy (non-hydrogen) atoms. The van der Waals surface area contributed by atoms with E-state index in [0.717, 1.165) is 18.6 Å². The molecule has 0 aliphatic rings. The Labute approximate surface area is 127 Å². The smallest absolute Gasteiger partial charge is 0.220 e. The first-order chi connectivity index (χ1) is 9.11. The summed E-state index contributed by atoms with van der Waals surface area (Å²) in [6.07, 6.45) is 2.23. The number of aryl methyl sites for hydroxylation is 1. The number of nitrogens with two attached hydrogens (primary N) is 1. The number of carbonyl (C=O) groups excluding carboxylic acids is 1. The molecule has 5 heteroatoms. The molecule has 0 fully saturated rings. The fraction of sp³-hybridized carbons (Fsp3) is 0.533. The third-order valence-corrected chi connectivity index (χ3v) is 2.82. The van der Waals surface area contributed by atoms with Gasteiger partial charge in [0.1, 0.15) is 5.75 Å². The number of nitrogens with one attached hydrogen (secondary N) is 1. The van der Waals surface area contributed by atoms with Crippen molar-refractivity contribution in [1.82, 2.24) is 5.32 Å². The third kappa shape index (κ3) is 8.02. The first kappa shape index (κ1) is 18.7. The number of hydrogen-bond acceptors (Lipinski definition) is 3. The van der Waals surface area contributed by atoms with Gasteiger partial charge in [0.05, 0.1) is 6.61 Å². The van der Waals surface area contributed by atoms with Crippen LogP contribution in [0, 0.1) is 6.92 Å². The molecule has 0 saturated heterocycles. The Morgan fingerprint density at radius 1 is 1.40 bits per heavy atom. The second kappa shape index (κ2) is 10.5. The molecule has 0 radical (unpaired) electrons. The maximum absolute atomic E-state index is 11.5. The van der Waals surface area contributed by atoms with Crippen molar-refractivity contribution in [3.05, 3.63) is 29.8 Å². The van der Waals surface area contributed by atoms with E-state index in [1.807, 2.05) is 38.1 Å². The number of benzene rings is 1. The van der Waals surface area contributed by atoms with Crippen molar-refractivity contribution >= 4 is 18.3 Å². The lowest BCUT2D eigenvalue weighted by Crippen LogP contribution is -2.37. The quantitative estimate of drug-likeness (QED) is 0.725. The summed E-state index contributed by atoms with van der Waals surface area (Å²) in [6.45, 7) is 5.06. The van der Waals surface area contributed by atoms with E-state index in [2.05, 4.69) is 5.32 Å². The number of rotatable bonds is 8. The lowest BCUT2D eigenvalue weighted by atomic mass is 10.2. The Balaban J connectivity index is 0.00000361. The highest BCUT2D eigenvalue weighted by Crippen LogP contribution is 2.12. The second-order valence-electron chi connectivity index (χ2n) is 4.83. The van der Waals surface area contributed by atoms with Gasteiger partial charge in [0.15, 0.2) is 0 Å². The lowest BCUT2D eigenvalue weighted by Gasteiger charge is -2.11. The van der Waals surface area contributed by atoms with Crippen LogP contribution in [-0.2, 0) is 4.79 Å². The summed E-state index contributed by atoms with van der Waals surface area (Å²) in [4.78, 5) is 11.5. The second-order valence-corrected chi connectivity index (χ2v) is 4.83. The van der Waals surface area contributed by atoms with Gasteiger partial charge in [-0.2, -0.15) is 0 Å². The summed E-state index contributed by atoms with van der Waals surface area (Å²) < 4.78 is 5.62. The molecule has 0 bridgehead atoms. The lowest BCUT2D eigenvalue weighted by molar-refractivity contribution is -0.121. The molecule has 0 unspecified atom stereocenters. The van der Waals surface area contributed by atoms with Gasteiger partial charge in [-0.25, -0.2) is 0 Å². The molecular weight excluding hydrogens is 276 g/mol. The zero-order valence-electron chi connectivity index (χ0n) is 12.2. The molecule has 3 N–H and O–H groups in total. The van der Waals surface area contributed by atoms with Crippen LogP contribution in [0.1, 0.15) is 31.7 Å². The molecule has 1 rings (SSSR count). The molecule has 0 saturated carbocycles. The maximum Gasteiger partial charge on any atom is 0.220 e. The number of carbonyl (C=O) groups is 1. The van der Waals surface area contributed by atoms with Crippen molar-refractivity contribution in [2.75, 3.05) is 13.2 Å². The number of hydrogen-bond donors (Lipinski definition) is 2. The molecule has 1 amide bonds. The van der Waals surface area contributed by atoms with Gasteiger partial charge in [-0.15, -0.1) is 12.4 Å². The Morgan fingerprint density at radius 3 is 2.80 bits per heavy atom. The Bertz CT molecular complexity index is 399. The highest BCUT2D eigenvalue weighted by molar-refractivity contribution is 5.85.